The number of hydrogen-bond acceptors (Lipinski definition) is 3. The lowest BCUT2D eigenvalue weighted by atomic mass is 9.81. The van der Waals surface area contributed by atoms with E-state index >= 15 is 0 Å². The Balaban J connectivity index is 2.66. The largest absolute Gasteiger partial charge is 0.390 e. The van der Waals surface area contributed by atoms with E-state index in [4.69, 9.17) is 0 Å². The van der Waals surface area contributed by atoms with Crippen molar-refractivity contribution >= 4 is 11.8 Å². The minimum absolute atomic E-state index is 0.151. The first-order valence-electron chi connectivity index (χ1n) is 4.47. The number of aliphatic hydroxyl groups excluding tert-OH is 1. The van der Waals surface area contributed by atoms with Gasteiger partial charge in [0.25, 0.3) is 0 Å². The minimum Gasteiger partial charge on any atom is -0.390 e. The highest BCUT2D eigenvalue weighted by atomic mass is 32.2. The fraction of sp³-hybridized carbons (Fsp3) is 0.700. The average molecular weight is 201 g/mol. The van der Waals surface area contributed by atoms with Crippen molar-refractivity contribution in [1.82, 2.24) is 0 Å². The van der Waals surface area contributed by atoms with Crippen molar-refractivity contribution in [3.8, 4) is 0 Å². The molecule has 0 fully saturated rings. The molecule has 1 aliphatic carbocycles. The normalized spacial score (nSPS) is 30.1. The molecule has 0 aromatic rings. The van der Waals surface area contributed by atoms with Crippen LogP contribution in [0.3, 0.4) is 0 Å². The van der Waals surface area contributed by atoms with Gasteiger partial charge in [-0.25, -0.2) is 0 Å². The van der Waals surface area contributed by atoms with E-state index in [2.05, 4.69) is 6.26 Å². The summed E-state index contributed by atoms with van der Waals surface area (Å²) in [6.45, 7) is 3.58. The summed E-state index contributed by atoms with van der Waals surface area (Å²) in [6, 6.07) is 0. The Hall–Kier alpha value is 0.01000. The molecular formula is C10H17O2S. The summed E-state index contributed by atoms with van der Waals surface area (Å²) >= 11 is 1.35. The molecule has 2 atom stereocenters. The first kappa shape index (κ1) is 11.1. The van der Waals surface area contributed by atoms with Gasteiger partial charge in [-0.15, -0.1) is 11.8 Å². The van der Waals surface area contributed by atoms with E-state index in [-0.39, 0.29) is 5.92 Å². The maximum absolute atomic E-state index is 9.76. The van der Waals surface area contributed by atoms with Crippen molar-refractivity contribution in [3.63, 3.8) is 0 Å². The Morgan fingerprint density at radius 1 is 1.62 bits per heavy atom. The molecule has 3 heteroatoms. The number of allylic oxidation sites excluding steroid dienone is 1. The zero-order chi connectivity index (χ0) is 10.1. The summed E-state index contributed by atoms with van der Waals surface area (Å²) in [5, 5.41) is 19.4. The van der Waals surface area contributed by atoms with Crippen LogP contribution in [0.4, 0.5) is 0 Å². The SMILES string of the molecule is [CH2]SC1=CCC(C(C)(C)O)CC1O. The van der Waals surface area contributed by atoms with Crippen molar-refractivity contribution in [3.05, 3.63) is 17.2 Å². The Bertz CT molecular complexity index is 205. The Morgan fingerprint density at radius 3 is 2.62 bits per heavy atom. The molecule has 0 aromatic heterocycles. The van der Waals surface area contributed by atoms with Crippen molar-refractivity contribution in [2.75, 3.05) is 0 Å². The molecule has 2 unspecified atom stereocenters. The monoisotopic (exact) mass is 201 g/mol. The van der Waals surface area contributed by atoms with Gasteiger partial charge in [-0.1, -0.05) is 6.08 Å². The van der Waals surface area contributed by atoms with Crippen LogP contribution in [-0.4, -0.2) is 21.9 Å². The fourth-order valence-corrected chi connectivity index (χ4v) is 2.11. The van der Waals surface area contributed by atoms with E-state index in [1.54, 1.807) is 13.8 Å². The number of thioether (sulfide) groups is 1. The van der Waals surface area contributed by atoms with Crippen LogP contribution in [-0.2, 0) is 0 Å². The molecule has 0 heterocycles. The highest BCUT2D eigenvalue weighted by Gasteiger charge is 2.31. The smallest absolute Gasteiger partial charge is 0.0848 e. The van der Waals surface area contributed by atoms with Crippen molar-refractivity contribution in [2.24, 2.45) is 5.92 Å². The van der Waals surface area contributed by atoms with Crippen LogP contribution >= 0.6 is 11.8 Å². The first-order chi connectivity index (χ1) is 5.95. The van der Waals surface area contributed by atoms with E-state index in [1.165, 1.54) is 11.8 Å². The van der Waals surface area contributed by atoms with Gasteiger partial charge in [0.2, 0.25) is 0 Å². The molecule has 0 aliphatic heterocycles. The van der Waals surface area contributed by atoms with Crippen LogP contribution in [0.5, 0.6) is 0 Å². The summed E-state index contributed by atoms with van der Waals surface area (Å²) in [5.41, 5.74) is -0.700. The van der Waals surface area contributed by atoms with Gasteiger partial charge in [-0.2, -0.15) is 0 Å². The molecule has 0 bridgehead atoms. The van der Waals surface area contributed by atoms with Crippen LogP contribution in [0.1, 0.15) is 26.7 Å². The molecule has 0 saturated heterocycles. The second-order valence-corrected chi connectivity index (χ2v) is 4.85. The molecule has 2 nitrogen and oxygen atoms in total. The molecule has 0 aromatic carbocycles. The summed E-state index contributed by atoms with van der Waals surface area (Å²) in [6.07, 6.45) is 6.68. The lowest BCUT2D eigenvalue weighted by Gasteiger charge is -2.34. The molecule has 1 radical (unpaired) electrons. The topological polar surface area (TPSA) is 40.5 Å². The third-order valence-corrected chi connectivity index (χ3v) is 3.38. The second-order valence-electron chi connectivity index (χ2n) is 4.09. The highest BCUT2D eigenvalue weighted by molar-refractivity contribution is 8.04. The Morgan fingerprint density at radius 2 is 2.23 bits per heavy atom. The molecule has 75 valence electrons. The quantitative estimate of drug-likeness (QED) is 0.717. The molecular weight excluding hydrogens is 184 g/mol. The lowest BCUT2D eigenvalue weighted by Crippen LogP contribution is -2.35. The van der Waals surface area contributed by atoms with Crippen LogP contribution in [0.2, 0.25) is 0 Å². The summed E-state index contributed by atoms with van der Waals surface area (Å²) in [5.74, 6) is 0.151. The zero-order valence-corrected chi connectivity index (χ0v) is 8.97. The third kappa shape index (κ3) is 2.73. The van der Waals surface area contributed by atoms with Crippen LogP contribution < -0.4 is 0 Å². The number of aliphatic hydroxyl groups is 2. The predicted octanol–water partition coefficient (Wildman–Crippen LogP) is 1.94. The molecule has 0 saturated carbocycles. The average Bonchev–Trinajstić information content (AvgIpc) is 2.02. The lowest BCUT2D eigenvalue weighted by molar-refractivity contribution is -0.00409. The third-order valence-electron chi connectivity index (χ3n) is 2.61. The Kier molecular flexibility index (Phi) is 3.44. The van der Waals surface area contributed by atoms with Gasteiger partial charge in [0, 0.05) is 11.2 Å². The van der Waals surface area contributed by atoms with E-state index in [9.17, 15) is 10.2 Å². The molecule has 13 heavy (non-hydrogen) atoms. The second kappa shape index (κ2) is 4.03. The summed E-state index contributed by atoms with van der Waals surface area (Å²) < 4.78 is 0. The molecule has 1 aliphatic rings. The first-order valence-corrected chi connectivity index (χ1v) is 5.46. The number of rotatable bonds is 2. The van der Waals surface area contributed by atoms with E-state index < -0.39 is 11.7 Å². The summed E-state index contributed by atoms with van der Waals surface area (Å²) in [7, 11) is 0. The fourth-order valence-electron chi connectivity index (χ4n) is 1.61. The zero-order valence-electron chi connectivity index (χ0n) is 8.16. The molecule has 2 N–H and O–H groups in total. The van der Waals surface area contributed by atoms with Crippen molar-refractivity contribution in [2.45, 2.75) is 38.4 Å². The van der Waals surface area contributed by atoms with Gasteiger partial charge in [0.05, 0.1) is 11.7 Å². The molecule has 0 amide bonds. The molecule has 1 rings (SSSR count). The van der Waals surface area contributed by atoms with Gasteiger partial charge >= 0.3 is 0 Å². The van der Waals surface area contributed by atoms with Gasteiger partial charge < -0.3 is 10.2 Å². The maximum Gasteiger partial charge on any atom is 0.0848 e. The van der Waals surface area contributed by atoms with Crippen LogP contribution in [0.25, 0.3) is 0 Å². The van der Waals surface area contributed by atoms with E-state index in [0.29, 0.717) is 6.42 Å². The van der Waals surface area contributed by atoms with Crippen molar-refractivity contribution < 1.29 is 10.2 Å². The van der Waals surface area contributed by atoms with E-state index in [1.807, 2.05) is 6.08 Å². The van der Waals surface area contributed by atoms with Crippen LogP contribution in [0.15, 0.2) is 11.0 Å². The molecule has 0 spiro atoms. The number of hydrogen-bond donors (Lipinski definition) is 2. The van der Waals surface area contributed by atoms with Crippen molar-refractivity contribution in [1.29, 1.82) is 0 Å². The standard InChI is InChI=1S/C10H17O2S/c1-10(2,12)7-4-5-9(13-3)8(11)6-7/h5,7-8,11-12H,3-4,6H2,1-2H3. The van der Waals surface area contributed by atoms with Crippen LogP contribution in [0, 0.1) is 12.2 Å². The van der Waals surface area contributed by atoms with Gasteiger partial charge in [-0.3, -0.25) is 0 Å². The minimum atomic E-state index is -0.700. The predicted molar refractivity (Wildman–Crippen MR) is 56.1 cm³/mol. The maximum atomic E-state index is 9.76. The summed E-state index contributed by atoms with van der Waals surface area (Å²) in [4.78, 5) is 0.931. The Labute approximate surface area is 84.0 Å². The van der Waals surface area contributed by atoms with Gasteiger partial charge in [0.15, 0.2) is 0 Å². The van der Waals surface area contributed by atoms with E-state index in [0.717, 1.165) is 11.3 Å². The van der Waals surface area contributed by atoms with Gasteiger partial charge in [0.1, 0.15) is 0 Å². The van der Waals surface area contributed by atoms with Gasteiger partial charge in [-0.05, 0) is 32.6 Å². The highest BCUT2D eigenvalue weighted by Crippen LogP contribution is 2.35.